The molecule has 9 heteroatoms. The fourth-order valence-corrected chi connectivity index (χ4v) is 2.46. The molecule has 22 heavy (non-hydrogen) atoms. The third-order valence-electron chi connectivity index (χ3n) is 2.76. The van der Waals surface area contributed by atoms with E-state index in [9.17, 15) is 22.4 Å². The maximum atomic E-state index is 13.3. The first-order valence-electron chi connectivity index (χ1n) is 6.09. The second kappa shape index (κ2) is 5.99. The molecule has 4 nitrogen and oxygen atoms in total. The zero-order valence-corrected chi connectivity index (χ0v) is 12.4. The average molecular weight is 333 g/mol. The average Bonchev–Trinajstić information content (AvgIpc) is 2.82. The molecule has 2 aromatic rings. The summed E-state index contributed by atoms with van der Waals surface area (Å²) < 4.78 is 55.1. The van der Waals surface area contributed by atoms with Crippen molar-refractivity contribution in [2.75, 3.05) is 7.05 Å². The Morgan fingerprint density at radius 2 is 2.00 bits per heavy atom. The van der Waals surface area contributed by atoms with Crippen LogP contribution in [0.15, 0.2) is 18.2 Å². The van der Waals surface area contributed by atoms with Gasteiger partial charge in [0.2, 0.25) is 5.01 Å². The molecule has 0 spiro atoms. The Labute approximate surface area is 127 Å². The number of rotatable bonds is 3. The van der Waals surface area contributed by atoms with Crippen molar-refractivity contribution in [3.05, 3.63) is 46.0 Å². The zero-order chi connectivity index (χ0) is 16.5. The zero-order valence-electron chi connectivity index (χ0n) is 11.6. The molecule has 0 bridgehead atoms. The van der Waals surface area contributed by atoms with Gasteiger partial charge in [0.05, 0.1) is 5.56 Å². The molecule has 118 valence electrons. The number of hydrogen-bond acceptors (Lipinski definition) is 4. The van der Waals surface area contributed by atoms with Crippen molar-refractivity contribution in [2.45, 2.75) is 19.6 Å². The van der Waals surface area contributed by atoms with Gasteiger partial charge in [-0.25, -0.2) is 9.37 Å². The molecular weight excluding hydrogens is 322 g/mol. The van der Waals surface area contributed by atoms with Crippen molar-refractivity contribution in [3.8, 4) is 0 Å². The monoisotopic (exact) mass is 333 g/mol. The topological polar surface area (TPSA) is 46.1 Å². The van der Waals surface area contributed by atoms with Gasteiger partial charge in [-0.3, -0.25) is 4.79 Å². The molecule has 0 fully saturated rings. The minimum Gasteiger partial charge on any atom is -0.335 e. The predicted octanol–water partition coefficient (Wildman–Crippen LogP) is 3.28. The van der Waals surface area contributed by atoms with E-state index in [0.717, 1.165) is 28.6 Å². The lowest BCUT2D eigenvalue weighted by Gasteiger charge is -2.17. The van der Waals surface area contributed by atoms with Crippen LogP contribution in [0.25, 0.3) is 0 Å². The Bertz CT molecular complexity index is 699. The van der Waals surface area contributed by atoms with Crippen molar-refractivity contribution < 1.29 is 22.4 Å². The summed E-state index contributed by atoms with van der Waals surface area (Å²) in [7, 11) is 1.40. The number of hydrogen-bond donors (Lipinski definition) is 0. The molecule has 0 aliphatic carbocycles. The van der Waals surface area contributed by atoms with Gasteiger partial charge in [0.1, 0.15) is 11.6 Å². The van der Waals surface area contributed by atoms with Crippen LogP contribution in [0.5, 0.6) is 0 Å². The minimum atomic E-state index is -4.64. The maximum Gasteiger partial charge on any atom is 0.416 e. The van der Waals surface area contributed by atoms with Crippen molar-refractivity contribution in [1.29, 1.82) is 0 Å². The minimum absolute atomic E-state index is 0.0458. The Balaban J connectivity index is 2.19. The maximum absolute atomic E-state index is 13.3. The summed E-state index contributed by atoms with van der Waals surface area (Å²) in [5.74, 6) is -1.05. The second-order valence-corrected chi connectivity index (χ2v) is 5.41. The van der Waals surface area contributed by atoms with Crippen LogP contribution in [-0.2, 0) is 12.7 Å². The SMILES string of the molecule is Cc1nsc(C(=O)N(C)Cc2cc(F)cc(C(F)(F)F)c2)n1. The summed E-state index contributed by atoms with van der Waals surface area (Å²) in [6, 6.07) is 2.20. The van der Waals surface area contributed by atoms with Gasteiger partial charge < -0.3 is 4.90 Å². The van der Waals surface area contributed by atoms with Gasteiger partial charge in [-0.05, 0) is 42.2 Å². The molecule has 1 aromatic heterocycles. The van der Waals surface area contributed by atoms with E-state index in [4.69, 9.17) is 0 Å². The smallest absolute Gasteiger partial charge is 0.335 e. The van der Waals surface area contributed by atoms with Gasteiger partial charge in [0, 0.05) is 13.6 Å². The number of alkyl halides is 3. The molecule has 1 amide bonds. The first-order valence-corrected chi connectivity index (χ1v) is 6.86. The van der Waals surface area contributed by atoms with E-state index >= 15 is 0 Å². The van der Waals surface area contributed by atoms with Crippen molar-refractivity contribution in [2.24, 2.45) is 0 Å². The highest BCUT2D eigenvalue weighted by atomic mass is 32.1. The van der Waals surface area contributed by atoms with Crippen LogP contribution in [0.3, 0.4) is 0 Å². The molecule has 0 aliphatic heterocycles. The van der Waals surface area contributed by atoms with Crippen LogP contribution in [0.2, 0.25) is 0 Å². The highest BCUT2D eigenvalue weighted by Gasteiger charge is 2.31. The molecule has 0 unspecified atom stereocenters. The Morgan fingerprint density at radius 1 is 1.32 bits per heavy atom. The quantitative estimate of drug-likeness (QED) is 0.810. The van der Waals surface area contributed by atoms with Crippen LogP contribution < -0.4 is 0 Å². The van der Waals surface area contributed by atoms with Crippen molar-refractivity contribution in [3.63, 3.8) is 0 Å². The van der Waals surface area contributed by atoms with Crippen LogP contribution in [0.4, 0.5) is 17.6 Å². The lowest BCUT2D eigenvalue weighted by Crippen LogP contribution is -2.26. The highest BCUT2D eigenvalue weighted by Crippen LogP contribution is 2.30. The second-order valence-electron chi connectivity index (χ2n) is 4.65. The number of aromatic nitrogens is 2. The summed E-state index contributed by atoms with van der Waals surface area (Å²) in [6.45, 7) is 1.45. The molecule has 0 aliphatic rings. The lowest BCUT2D eigenvalue weighted by molar-refractivity contribution is -0.137. The molecular formula is C13H11F4N3OS. The molecule has 0 saturated carbocycles. The van der Waals surface area contributed by atoms with Crippen LogP contribution in [0.1, 0.15) is 26.8 Å². The number of halogens is 4. The molecule has 0 atom stereocenters. The number of nitrogens with zero attached hydrogens (tertiary/aromatic N) is 3. The fourth-order valence-electron chi connectivity index (χ4n) is 1.80. The van der Waals surface area contributed by atoms with E-state index in [-0.39, 0.29) is 17.1 Å². The van der Waals surface area contributed by atoms with E-state index in [0.29, 0.717) is 11.9 Å². The van der Waals surface area contributed by atoms with Gasteiger partial charge in [-0.2, -0.15) is 17.5 Å². The number of aryl methyl sites for hydroxylation is 1. The van der Waals surface area contributed by atoms with Crippen LogP contribution >= 0.6 is 11.5 Å². The molecule has 1 aromatic carbocycles. The Hall–Kier alpha value is -2.03. The summed E-state index contributed by atoms with van der Waals surface area (Å²) in [4.78, 5) is 17.1. The van der Waals surface area contributed by atoms with Gasteiger partial charge in [-0.1, -0.05) is 0 Å². The number of amides is 1. The number of carbonyl (C=O) groups is 1. The van der Waals surface area contributed by atoms with E-state index < -0.39 is 23.5 Å². The molecule has 0 radical (unpaired) electrons. The lowest BCUT2D eigenvalue weighted by atomic mass is 10.1. The first kappa shape index (κ1) is 16.3. The Morgan fingerprint density at radius 3 is 2.55 bits per heavy atom. The van der Waals surface area contributed by atoms with Crippen molar-refractivity contribution >= 4 is 17.4 Å². The van der Waals surface area contributed by atoms with Crippen LogP contribution in [-0.4, -0.2) is 27.2 Å². The summed E-state index contributed by atoms with van der Waals surface area (Å²) in [5.41, 5.74) is -1.04. The van der Waals surface area contributed by atoms with Gasteiger partial charge >= 0.3 is 6.18 Å². The predicted molar refractivity (Wildman–Crippen MR) is 71.8 cm³/mol. The van der Waals surface area contributed by atoms with E-state index in [1.54, 1.807) is 6.92 Å². The van der Waals surface area contributed by atoms with Gasteiger partial charge in [-0.15, -0.1) is 0 Å². The number of benzene rings is 1. The fraction of sp³-hybridized carbons (Fsp3) is 0.308. The van der Waals surface area contributed by atoms with Gasteiger partial charge in [0.15, 0.2) is 0 Å². The van der Waals surface area contributed by atoms with Crippen molar-refractivity contribution in [1.82, 2.24) is 14.3 Å². The molecule has 2 rings (SSSR count). The summed E-state index contributed by atoms with van der Waals surface area (Å²) >= 11 is 0.901. The van der Waals surface area contributed by atoms with E-state index in [1.165, 1.54) is 7.05 Å². The largest absolute Gasteiger partial charge is 0.416 e. The van der Waals surface area contributed by atoms with E-state index in [2.05, 4.69) is 9.36 Å². The Kier molecular flexibility index (Phi) is 4.45. The standard InChI is InChI=1S/C13H11F4N3OS/c1-7-18-11(22-19-7)12(21)20(2)6-8-3-9(13(15,16)17)5-10(14)4-8/h3-5H,6H2,1-2H3. The van der Waals surface area contributed by atoms with Crippen LogP contribution in [0, 0.1) is 12.7 Å². The normalized spacial score (nSPS) is 11.5. The third kappa shape index (κ3) is 3.79. The molecule has 1 heterocycles. The third-order valence-corrected chi connectivity index (χ3v) is 3.56. The van der Waals surface area contributed by atoms with Gasteiger partial charge in [0.25, 0.3) is 5.91 Å². The number of carbonyl (C=O) groups excluding carboxylic acids is 1. The molecule has 0 N–H and O–H groups in total. The molecule has 0 saturated heterocycles. The highest BCUT2D eigenvalue weighted by molar-refractivity contribution is 7.07. The summed E-state index contributed by atoms with van der Waals surface area (Å²) in [6.07, 6.45) is -4.64. The summed E-state index contributed by atoms with van der Waals surface area (Å²) in [5, 5.41) is 0.132. The first-order chi connectivity index (χ1) is 10.2. The van der Waals surface area contributed by atoms with E-state index in [1.807, 2.05) is 0 Å².